The van der Waals surface area contributed by atoms with Gasteiger partial charge in [0, 0.05) is 38.3 Å². The molecule has 1 unspecified atom stereocenters. The number of anilines is 2. The lowest BCUT2D eigenvalue weighted by atomic mass is 9.81. The van der Waals surface area contributed by atoms with Gasteiger partial charge in [0.15, 0.2) is 11.5 Å². The lowest BCUT2D eigenvalue weighted by Gasteiger charge is -2.19. The minimum absolute atomic E-state index is 0.0194. The van der Waals surface area contributed by atoms with Crippen LogP contribution in [0.4, 0.5) is 33.6 Å². The molecule has 210 valence electrons. The lowest BCUT2D eigenvalue weighted by Crippen LogP contribution is -2.37. The Balaban J connectivity index is 1.53. The Morgan fingerprint density at radius 3 is 2.67 bits per heavy atom. The van der Waals surface area contributed by atoms with Gasteiger partial charge in [-0.05, 0) is 19.1 Å². The van der Waals surface area contributed by atoms with Crippen LogP contribution in [0.25, 0.3) is 22.6 Å². The normalized spacial score (nSPS) is 17.3. The van der Waals surface area contributed by atoms with Crippen molar-refractivity contribution in [1.82, 2.24) is 39.7 Å². The average molecular weight is 564 g/mol. The van der Waals surface area contributed by atoms with Gasteiger partial charge >= 0.3 is 12.1 Å². The van der Waals surface area contributed by atoms with E-state index in [1.54, 1.807) is 6.92 Å². The van der Waals surface area contributed by atoms with E-state index >= 15 is 0 Å². The number of fused-ring (bicyclic) bond motifs is 2. The second-order valence-electron chi connectivity index (χ2n) is 9.32. The van der Waals surface area contributed by atoms with Crippen LogP contribution in [-0.2, 0) is 23.3 Å². The highest BCUT2D eigenvalue weighted by molar-refractivity contribution is 6.09. The van der Waals surface area contributed by atoms with E-state index in [-0.39, 0.29) is 64.2 Å². The van der Waals surface area contributed by atoms with Gasteiger partial charge in [-0.1, -0.05) is 11.8 Å². The van der Waals surface area contributed by atoms with Gasteiger partial charge < -0.3 is 16.2 Å². The van der Waals surface area contributed by atoms with Gasteiger partial charge in [-0.2, -0.15) is 27.1 Å². The number of carbonyl (C=O) groups is 1. The summed E-state index contributed by atoms with van der Waals surface area (Å²) in [5.74, 6) is -5.68. The topological polar surface area (TPSA) is 163 Å². The van der Waals surface area contributed by atoms with Crippen LogP contribution < -0.4 is 11.1 Å². The maximum Gasteiger partial charge on any atom is 0.453 e. The Morgan fingerprint density at radius 1 is 1.23 bits per heavy atom. The van der Waals surface area contributed by atoms with E-state index in [2.05, 4.69) is 42.3 Å². The molecule has 0 radical (unpaired) electrons. The van der Waals surface area contributed by atoms with Crippen molar-refractivity contribution < 1.29 is 31.9 Å². The number of aliphatic hydroxyl groups excluding tert-OH is 1. The molecule has 0 saturated carbocycles. The number of allylic oxidation sites excluding steroid dienone is 1. The first-order chi connectivity index (χ1) is 18.7. The third kappa shape index (κ3) is 4.36. The van der Waals surface area contributed by atoms with E-state index in [1.807, 2.05) is 0 Å². The average Bonchev–Trinajstić information content (AvgIpc) is 3.56. The number of nitrogens with two attached hydrogens (primary N) is 1. The third-order valence-corrected chi connectivity index (χ3v) is 6.57. The third-order valence-electron chi connectivity index (χ3n) is 6.57. The molecule has 0 aromatic carbocycles. The van der Waals surface area contributed by atoms with Crippen molar-refractivity contribution in [2.45, 2.75) is 50.4 Å². The molecular weight excluding hydrogens is 543 g/mol. The number of carbonyl (C=O) groups excluding carboxylic acids is 1. The Morgan fingerprint density at radius 2 is 1.98 bits per heavy atom. The zero-order valence-corrected chi connectivity index (χ0v) is 20.7. The van der Waals surface area contributed by atoms with Crippen LogP contribution in [0.1, 0.15) is 31.0 Å². The summed E-state index contributed by atoms with van der Waals surface area (Å²) < 4.78 is 67.6. The molecule has 5 rings (SSSR count). The van der Waals surface area contributed by atoms with Crippen LogP contribution in [0, 0.1) is 0 Å². The van der Waals surface area contributed by atoms with E-state index < -0.39 is 36.4 Å². The van der Waals surface area contributed by atoms with Gasteiger partial charge in [0.1, 0.15) is 28.4 Å². The second kappa shape index (κ2) is 9.20. The molecule has 1 aliphatic rings. The number of amides is 1. The van der Waals surface area contributed by atoms with Gasteiger partial charge in [-0.15, -0.1) is 5.10 Å². The molecule has 0 fully saturated rings. The largest absolute Gasteiger partial charge is 0.513 e. The molecule has 17 heteroatoms. The van der Waals surface area contributed by atoms with Crippen molar-refractivity contribution in [3.63, 3.8) is 0 Å². The molecule has 1 atom stereocenters. The summed E-state index contributed by atoms with van der Waals surface area (Å²) in [6.07, 6.45) is -4.20. The first-order valence-electron chi connectivity index (χ1n) is 11.8. The Bertz CT molecular complexity index is 1650. The van der Waals surface area contributed by atoms with Crippen LogP contribution >= 0.6 is 0 Å². The zero-order chi connectivity index (χ0) is 29.0. The van der Waals surface area contributed by atoms with Gasteiger partial charge in [0.25, 0.3) is 0 Å². The zero-order valence-electron chi connectivity index (χ0n) is 20.7. The van der Waals surface area contributed by atoms with Crippen LogP contribution in [-0.4, -0.2) is 62.8 Å². The van der Waals surface area contributed by atoms with E-state index in [1.165, 1.54) is 29.2 Å². The maximum absolute atomic E-state index is 13.6. The van der Waals surface area contributed by atoms with Gasteiger partial charge in [-0.25, -0.2) is 19.6 Å². The number of aliphatic hydroxyl groups is 1. The monoisotopic (exact) mass is 564 g/mol. The summed E-state index contributed by atoms with van der Waals surface area (Å²) in [6, 6.07) is 3.05. The van der Waals surface area contributed by atoms with Crippen molar-refractivity contribution in [3.8, 4) is 11.5 Å². The molecule has 0 saturated heterocycles. The smallest absolute Gasteiger partial charge is 0.453 e. The minimum Gasteiger partial charge on any atom is -0.513 e. The van der Waals surface area contributed by atoms with Crippen LogP contribution in [0.2, 0.25) is 0 Å². The summed E-state index contributed by atoms with van der Waals surface area (Å²) in [5.41, 5.74) is 5.36. The van der Waals surface area contributed by atoms with Gasteiger partial charge in [-0.3, -0.25) is 9.48 Å². The van der Waals surface area contributed by atoms with Crippen molar-refractivity contribution in [2.24, 2.45) is 0 Å². The number of alkyl halides is 5. The molecule has 0 aliphatic carbocycles. The van der Waals surface area contributed by atoms with Crippen LogP contribution in [0.15, 0.2) is 36.9 Å². The standard InChI is InChI=1S/C23H21F5N10O2/c1-11(39)5-8-37-10-13(34-36-37)21(2)14-16(29)31-18(32-17(14)33-20(21)40)15-12-4-3-7-30-19(12)38(35-15)9-6-22(24,25)23(26,27)28/h3-4,7,10,39H,1,5-6,8-9H2,2H3,(H3,29,31,32,33,40). The highest BCUT2D eigenvalue weighted by Gasteiger charge is 2.57. The summed E-state index contributed by atoms with van der Waals surface area (Å²) >= 11 is 0. The van der Waals surface area contributed by atoms with Crippen molar-refractivity contribution in [1.29, 1.82) is 0 Å². The number of hydrogen-bond acceptors (Lipinski definition) is 9. The molecule has 5 heterocycles. The number of pyridine rings is 1. The summed E-state index contributed by atoms with van der Waals surface area (Å²) in [4.78, 5) is 25.9. The Labute approximate surface area is 221 Å². The first kappa shape index (κ1) is 26.9. The second-order valence-corrected chi connectivity index (χ2v) is 9.32. The molecule has 1 amide bonds. The highest BCUT2D eigenvalue weighted by Crippen LogP contribution is 2.44. The van der Waals surface area contributed by atoms with E-state index in [9.17, 15) is 31.9 Å². The molecular formula is C23H21F5N10O2. The highest BCUT2D eigenvalue weighted by atomic mass is 19.4. The number of rotatable bonds is 8. The SMILES string of the molecule is C=C(O)CCn1cc(C2(C)C(=O)Nc3nc(-c4nn(CCC(F)(F)C(F)(F)F)c5ncccc45)nc(N)c32)nn1. The van der Waals surface area contributed by atoms with E-state index in [0.29, 0.717) is 0 Å². The lowest BCUT2D eigenvalue weighted by molar-refractivity contribution is -0.285. The molecule has 40 heavy (non-hydrogen) atoms. The quantitative estimate of drug-likeness (QED) is 0.215. The summed E-state index contributed by atoms with van der Waals surface area (Å²) in [5, 5.41) is 24.5. The predicted octanol–water partition coefficient (Wildman–Crippen LogP) is 3.37. The van der Waals surface area contributed by atoms with Gasteiger partial charge in [0.2, 0.25) is 5.91 Å². The number of hydrogen-bond donors (Lipinski definition) is 3. The van der Waals surface area contributed by atoms with E-state index in [4.69, 9.17) is 5.73 Å². The molecule has 12 nitrogen and oxygen atoms in total. The Kier molecular flexibility index (Phi) is 6.18. The number of nitrogen functional groups attached to an aromatic ring is 1. The molecule has 4 aromatic heterocycles. The van der Waals surface area contributed by atoms with E-state index in [0.717, 1.165) is 4.68 Å². The molecule has 0 bridgehead atoms. The molecule has 0 spiro atoms. The van der Waals surface area contributed by atoms with Crippen molar-refractivity contribution >= 4 is 28.6 Å². The fourth-order valence-electron chi connectivity index (χ4n) is 4.36. The summed E-state index contributed by atoms with van der Waals surface area (Å²) in [7, 11) is 0. The number of nitrogens with zero attached hydrogens (tertiary/aromatic N) is 8. The number of aromatic nitrogens is 8. The minimum atomic E-state index is -5.71. The van der Waals surface area contributed by atoms with Gasteiger partial charge in [0.05, 0.1) is 16.7 Å². The van der Waals surface area contributed by atoms with Crippen LogP contribution in [0.5, 0.6) is 0 Å². The number of nitrogens with one attached hydrogen (secondary N) is 1. The van der Waals surface area contributed by atoms with Crippen molar-refractivity contribution in [2.75, 3.05) is 11.1 Å². The number of aryl methyl sites for hydroxylation is 2. The number of halogens is 5. The first-order valence-corrected chi connectivity index (χ1v) is 11.8. The maximum atomic E-state index is 13.6. The Hall–Kier alpha value is -4.70. The molecule has 4 N–H and O–H groups in total. The van der Waals surface area contributed by atoms with Crippen LogP contribution in [0.3, 0.4) is 0 Å². The molecule has 1 aliphatic heterocycles. The summed E-state index contributed by atoms with van der Waals surface area (Å²) in [6.45, 7) is 4.43. The molecule has 4 aromatic rings. The predicted molar refractivity (Wildman–Crippen MR) is 130 cm³/mol. The fraction of sp³-hybridized carbons (Fsp3) is 0.348. The fourth-order valence-corrected chi connectivity index (χ4v) is 4.36. The van der Waals surface area contributed by atoms with Crippen molar-refractivity contribution in [3.05, 3.63) is 48.1 Å².